The lowest BCUT2D eigenvalue weighted by molar-refractivity contribution is 0.405. The molecule has 0 unspecified atom stereocenters. The molecule has 6 heteroatoms. The lowest BCUT2D eigenvalue weighted by atomic mass is 10.2. The van der Waals surface area contributed by atoms with Gasteiger partial charge in [0.2, 0.25) is 0 Å². The van der Waals surface area contributed by atoms with Crippen molar-refractivity contribution in [2.75, 3.05) is 31.4 Å². The van der Waals surface area contributed by atoms with E-state index in [4.69, 9.17) is 9.47 Å². The summed E-state index contributed by atoms with van der Waals surface area (Å²) in [5.74, 6) is 2.84. The Morgan fingerprint density at radius 1 is 1.10 bits per heavy atom. The van der Waals surface area contributed by atoms with Crippen molar-refractivity contribution >= 4 is 17.3 Å². The Hall–Kier alpha value is -2.50. The number of methoxy groups -OCH3 is 2. The molecule has 112 valence electrons. The van der Waals surface area contributed by atoms with Gasteiger partial charge in [-0.3, -0.25) is 4.98 Å². The van der Waals surface area contributed by atoms with Crippen LogP contribution in [0.3, 0.4) is 0 Å². The molecule has 6 nitrogen and oxygen atoms in total. The maximum Gasteiger partial charge on any atom is 0.151 e. The zero-order chi connectivity index (χ0) is 15.1. The van der Waals surface area contributed by atoms with Gasteiger partial charge in [0.05, 0.1) is 32.3 Å². The summed E-state index contributed by atoms with van der Waals surface area (Å²) >= 11 is 0. The van der Waals surface area contributed by atoms with Crippen molar-refractivity contribution in [1.82, 2.24) is 9.97 Å². The van der Waals surface area contributed by atoms with E-state index in [1.54, 1.807) is 26.6 Å². The minimum absolute atomic E-state index is 0.641. The predicted molar refractivity (Wildman–Crippen MR) is 83.6 cm³/mol. The number of benzene rings is 1. The van der Waals surface area contributed by atoms with Gasteiger partial charge in [-0.1, -0.05) is 6.92 Å². The van der Waals surface area contributed by atoms with E-state index in [1.807, 2.05) is 18.2 Å². The van der Waals surface area contributed by atoms with E-state index in [2.05, 4.69) is 27.5 Å². The van der Waals surface area contributed by atoms with Crippen molar-refractivity contribution in [1.29, 1.82) is 0 Å². The number of hydrogen-bond donors (Lipinski definition) is 2. The van der Waals surface area contributed by atoms with Gasteiger partial charge in [-0.2, -0.15) is 0 Å². The zero-order valence-electron chi connectivity index (χ0n) is 12.5. The Balaban J connectivity index is 2.20. The first-order valence-corrected chi connectivity index (χ1v) is 6.81. The van der Waals surface area contributed by atoms with Crippen LogP contribution in [-0.4, -0.2) is 30.7 Å². The molecule has 2 N–H and O–H groups in total. The van der Waals surface area contributed by atoms with E-state index in [0.717, 1.165) is 30.2 Å². The summed E-state index contributed by atoms with van der Waals surface area (Å²) in [6.07, 6.45) is 4.39. The van der Waals surface area contributed by atoms with Gasteiger partial charge < -0.3 is 20.1 Å². The van der Waals surface area contributed by atoms with Crippen LogP contribution in [0.15, 0.2) is 30.6 Å². The fraction of sp³-hybridized carbons (Fsp3) is 0.333. The maximum absolute atomic E-state index is 5.33. The smallest absolute Gasteiger partial charge is 0.151 e. The molecule has 0 atom stereocenters. The Morgan fingerprint density at radius 2 is 1.90 bits per heavy atom. The molecule has 0 spiro atoms. The lowest BCUT2D eigenvalue weighted by Crippen LogP contribution is -2.04. The number of hydrogen-bond acceptors (Lipinski definition) is 6. The molecule has 1 aromatic carbocycles. The van der Waals surface area contributed by atoms with Crippen molar-refractivity contribution in [3.8, 4) is 11.5 Å². The summed E-state index contributed by atoms with van der Waals surface area (Å²) < 4.78 is 10.6. The van der Waals surface area contributed by atoms with Gasteiger partial charge in [0.25, 0.3) is 0 Å². The van der Waals surface area contributed by atoms with Crippen LogP contribution in [-0.2, 0) is 0 Å². The number of ether oxygens (including phenoxy) is 2. The first-order chi connectivity index (χ1) is 10.3. The van der Waals surface area contributed by atoms with Gasteiger partial charge in [-0.25, -0.2) is 4.98 Å². The third-order valence-electron chi connectivity index (χ3n) is 2.86. The van der Waals surface area contributed by atoms with Gasteiger partial charge in [0, 0.05) is 12.6 Å². The molecule has 0 saturated heterocycles. The molecule has 0 aliphatic carbocycles. The number of nitrogens with one attached hydrogen (secondary N) is 2. The van der Waals surface area contributed by atoms with Crippen LogP contribution in [0.25, 0.3) is 0 Å². The quantitative estimate of drug-likeness (QED) is 0.816. The fourth-order valence-corrected chi connectivity index (χ4v) is 1.81. The van der Waals surface area contributed by atoms with Gasteiger partial charge in [-0.15, -0.1) is 0 Å². The second kappa shape index (κ2) is 7.33. The van der Waals surface area contributed by atoms with Crippen LogP contribution in [0.5, 0.6) is 11.5 Å². The van der Waals surface area contributed by atoms with Crippen LogP contribution >= 0.6 is 0 Å². The molecule has 0 fully saturated rings. The molecule has 21 heavy (non-hydrogen) atoms. The first-order valence-electron chi connectivity index (χ1n) is 6.81. The predicted octanol–water partition coefficient (Wildman–Crippen LogP) is 3.06. The normalized spacial score (nSPS) is 10.0. The Kier molecular flexibility index (Phi) is 5.20. The number of aromatic nitrogens is 2. The lowest BCUT2D eigenvalue weighted by Gasteiger charge is -2.12. The van der Waals surface area contributed by atoms with Crippen molar-refractivity contribution in [3.63, 3.8) is 0 Å². The minimum Gasteiger partial charge on any atom is -0.497 e. The van der Waals surface area contributed by atoms with Gasteiger partial charge in [0.1, 0.15) is 17.3 Å². The molecule has 1 aromatic heterocycles. The average Bonchev–Trinajstić information content (AvgIpc) is 2.53. The zero-order valence-corrected chi connectivity index (χ0v) is 12.5. The van der Waals surface area contributed by atoms with E-state index >= 15 is 0 Å². The number of rotatable bonds is 7. The Morgan fingerprint density at radius 3 is 2.62 bits per heavy atom. The van der Waals surface area contributed by atoms with Crippen LogP contribution in [0.4, 0.5) is 17.3 Å². The maximum atomic E-state index is 5.33. The van der Waals surface area contributed by atoms with Crippen molar-refractivity contribution in [2.45, 2.75) is 13.3 Å². The summed E-state index contributed by atoms with van der Waals surface area (Å²) in [6.45, 7) is 2.96. The number of nitrogens with zero attached hydrogens (tertiary/aromatic N) is 2. The Labute approximate surface area is 124 Å². The highest BCUT2D eigenvalue weighted by atomic mass is 16.5. The third-order valence-corrected chi connectivity index (χ3v) is 2.86. The summed E-state index contributed by atoms with van der Waals surface area (Å²) in [4.78, 5) is 8.63. The highest BCUT2D eigenvalue weighted by Gasteiger charge is 2.07. The van der Waals surface area contributed by atoms with Crippen LogP contribution in [0.1, 0.15) is 13.3 Å². The largest absolute Gasteiger partial charge is 0.497 e. The topological polar surface area (TPSA) is 68.3 Å². The highest BCUT2D eigenvalue weighted by molar-refractivity contribution is 5.66. The van der Waals surface area contributed by atoms with Gasteiger partial charge in [0.15, 0.2) is 5.82 Å². The monoisotopic (exact) mass is 288 g/mol. The molecule has 2 aromatic rings. The Bertz CT molecular complexity index is 590. The second-order valence-electron chi connectivity index (χ2n) is 4.41. The second-order valence-corrected chi connectivity index (χ2v) is 4.41. The summed E-state index contributed by atoms with van der Waals surface area (Å²) in [5, 5.41) is 6.40. The SMILES string of the molecule is CCCNc1cncc(Nc2cc(OC)ccc2OC)n1. The molecule has 1 heterocycles. The first kappa shape index (κ1) is 14.9. The molecule has 0 aliphatic rings. The standard InChI is InChI=1S/C15H20N4O2/c1-4-7-17-14-9-16-10-15(19-14)18-12-8-11(20-2)5-6-13(12)21-3/h5-6,8-10H,4,7H2,1-3H3,(H2,17,18,19). The van der Waals surface area contributed by atoms with Crippen molar-refractivity contribution in [2.24, 2.45) is 0 Å². The molecule has 2 rings (SSSR count). The van der Waals surface area contributed by atoms with E-state index in [-0.39, 0.29) is 0 Å². The third kappa shape index (κ3) is 3.98. The van der Waals surface area contributed by atoms with E-state index in [1.165, 1.54) is 0 Å². The van der Waals surface area contributed by atoms with Crippen LogP contribution in [0, 0.1) is 0 Å². The minimum atomic E-state index is 0.641. The molecule has 0 bridgehead atoms. The van der Waals surface area contributed by atoms with E-state index in [9.17, 15) is 0 Å². The van der Waals surface area contributed by atoms with Crippen LogP contribution in [0.2, 0.25) is 0 Å². The fourth-order valence-electron chi connectivity index (χ4n) is 1.81. The van der Waals surface area contributed by atoms with E-state index in [0.29, 0.717) is 11.6 Å². The van der Waals surface area contributed by atoms with Gasteiger partial charge >= 0.3 is 0 Å². The molecule has 0 amide bonds. The summed E-state index contributed by atoms with van der Waals surface area (Å²) in [6, 6.07) is 5.54. The van der Waals surface area contributed by atoms with Crippen molar-refractivity contribution < 1.29 is 9.47 Å². The van der Waals surface area contributed by atoms with Crippen LogP contribution < -0.4 is 20.1 Å². The van der Waals surface area contributed by atoms with E-state index < -0.39 is 0 Å². The summed E-state index contributed by atoms with van der Waals surface area (Å²) in [7, 11) is 3.25. The molecule has 0 saturated carbocycles. The number of anilines is 3. The summed E-state index contributed by atoms with van der Waals surface area (Å²) in [5.41, 5.74) is 0.777. The molecule has 0 radical (unpaired) electrons. The average molecular weight is 288 g/mol. The molecular formula is C15H20N4O2. The van der Waals surface area contributed by atoms with Gasteiger partial charge in [-0.05, 0) is 18.6 Å². The molecule has 0 aliphatic heterocycles. The highest BCUT2D eigenvalue weighted by Crippen LogP contribution is 2.30. The molecular weight excluding hydrogens is 268 g/mol. The van der Waals surface area contributed by atoms with Crippen molar-refractivity contribution in [3.05, 3.63) is 30.6 Å².